The van der Waals surface area contributed by atoms with Crippen LogP contribution in [0, 0.1) is 0 Å². The predicted molar refractivity (Wildman–Crippen MR) is 119 cm³/mol. The van der Waals surface area contributed by atoms with Gasteiger partial charge in [0.05, 0.1) is 18.8 Å². The Balaban J connectivity index is 1.69. The minimum Gasteiger partial charge on any atom is -0.494 e. The molecule has 6 heteroatoms. The quantitative estimate of drug-likeness (QED) is 0.407. The predicted octanol–water partition coefficient (Wildman–Crippen LogP) is 4.83. The lowest BCUT2D eigenvalue weighted by Gasteiger charge is -2.27. The number of carboxylic acid groups (broad SMARTS) is 1. The maximum Gasteiger partial charge on any atom is 0.337 e. The zero-order chi connectivity index (χ0) is 21.5. The highest BCUT2D eigenvalue weighted by atomic mass is 16.5. The highest BCUT2D eigenvalue weighted by Gasteiger charge is 2.22. The highest BCUT2D eigenvalue weighted by molar-refractivity contribution is 5.90. The van der Waals surface area contributed by atoms with Crippen molar-refractivity contribution in [3.63, 3.8) is 0 Å². The number of carbonyl (C=O) groups is 1. The Morgan fingerprint density at radius 1 is 1.27 bits per heavy atom. The van der Waals surface area contributed by atoms with E-state index in [1.807, 2.05) is 43.3 Å². The van der Waals surface area contributed by atoms with E-state index in [2.05, 4.69) is 23.3 Å². The first-order valence-corrected chi connectivity index (χ1v) is 10.1. The van der Waals surface area contributed by atoms with Gasteiger partial charge in [0.2, 0.25) is 0 Å². The Kier molecular flexibility index (Phi) is 7.01. The van der Waals surface area contributed by atoms with Crippen molar-refractivity contribution in [1.29, 1.82) is 0 Å². The molecule has 1 heterocycles. The maximum atomic E-state index is 11.3. The lowest BCUT2D eigenvalue weighted by molar-refractivity contribution is -0.132. The van der Waals surface area contributed by atoms with Crippen molar-refractivity contribution in [2.45, 2.75) is 26.2 Å². The first-order valence-electron chi connectivity index (χ1n) is 10.1. The monoisotopic (exact) mass is 408 g/mol. The normalized spacial score (nSPS) is 15.9. The Labute approximate surface area is 177 Å². The van der Waals surface area contributed by atoms with Gasteiger partial charge in [0, 0.05) is 35.6 Å². The topological polar surface area (TPSA) is 79.8 Å². The van der Waals surface area contributed by atoms with Gasteiger partial charge in [-0.25, -0.2) is 4.79 Å². The first-order chi connectivity index (χ1) is 14.5. The van der Waals surface area contributed by atoms with Gasteiger partial charge < -0.3 is 25.2 Å². The summed E-state index contributed by atoms with van der Waals surface area (Å²) in [7, 11) is 0. The van der Waals surface area contributed by atoms with Crippen LogP contribution < -0.4 is 20.1 Å². The average Bonchev–Trinajstić information content (AvgIpc) is 2.74. The van der Waals surface area contributed by atoms with Gasteiger partial charge in [-0.1, -0.05) is 18.7 Å². The summed E-state index contributed by atoms with van der Waals surface area (Å²) in [5.74, 6) is 0.960. The van der Waals surface area contributed by atoms with E-state index in [0.717, 1.165) is 34.9 Å². The van der Waals surface area contributed by atoms with Crippen molar-refractivity contribution in [2.24, 2.45) is 0 Å². The lowest BCUT2D eigenvalue weighted by atomic mass is 9.92. The van der Waals surface area contributed by atoms with E-state index < -0.39 is 5.97 Å². The van der Waals surface area contributed by atoms with Gasteiger partial charge in [-0.05, 0) is 56.2 Å². The van der Waals surface area contributed by atoms with Crippen LogP contribution in [0.5, 0.6) is 11.5 Å². The minimum absolute atomic E-state index is 0.192. The lowest BCUT2D eigenvalue weighted by Crippen LogP contribution is -2.26. The third kappa shape index (κ3) is 5.14. The molecule has 0 aliphatic carbocycles. The third-order valence-electron chi connectivity index (χ3n) is 5.08. The Hall–Kier alpha value is -3.41. The van der Waals surface area contributed by atoms with E-state index in [9.17, 15) is 9.90 Å². The molecule has 0 saturated heterocycles. The summed E-state index contributed by atoms with van der Waals surface area (Å²) < 4.78 is 11.4. The average molecular weight is 408 g/mol. The number of ether oxygens (including phenoxy) is 2. The number of aliphatic carboxylic acids is 1. The van der Waals surface area contributed by atoms with Gasteiger partial charge >= 0.3 is 5.97 Å². The van der Waals surface area contributed by atoms with Gasteiger partial charge in [-0.3, -0.25) is 0 Å². The highest BCUT2D eigenvalue weighted by Crippen LogP contribution is 2.36. The number of benzene rings is 2. The van der Waals surface area contributed by atoms with Crippen LogP contribution in [0.1, 0.15) is 31.7 Å². The first kappa shape index (κ1) is 21.3. The van der Waals surface area contributed by atoms with Crippen molar-refractivity contribution in [2.75, 3.05) is 25.1 Å². The molecule has 158 valence electrons. The fourth-order valence-corrected chi connectivity index (χ4v) is 3.49. The molecule has 0 saturated carbocycles. The molecule has 2 aromatic carbocycles. The van der Waals surface area contributed by atoms with Gasteiger partial charge in [0.1, 0.15) is 11.5 Å². The molecule has 0 spiro atoms. The number of hydrogen-bond acceptors (Lipinski definition) is 5. The van der Waals surface area contributed by atoms with Crippen molar-refractivity contribution in [1.82, 2.24) is 5.32 Å². The molecular weight excluding hydrogens is 380 g/mol. The number of nitrogens with one attached hydrogen (secondary N) is 2. The summed E-state index contributed by atoms with van der Waals surface area (Å²) in [6.07, 6.45) is 2.23. The molecule has 6 nitrogen and oxygen atoms in total. The molecule has 0 aromatic heterocycles. The molecule has 1 aliphatic heterocycles. The van der Waals surface area contributed by atoms with E-state index in [0.29, 0.717) is 25.5 Å². The molecule has 0 bridgehead atoms. The molecule has 2 aromatic rings. The minimum atomic E-state index is -0.979. The van der Waals surface area contributed by atoms with Gasteiger partial charge in [-0.2, -0.15) is 0 Å². The van der Waals surface area contributed by atoms with E-state index in [4.69, 9.17) is 9.47 Å². The number of rotatable bonds is 9. The largest absolute Gasteiger partial charge is 0.494 e. The standard InChI is InChI=1S/C24H28N2O4/c1-4-21(24(27)28)16(3)25-15-17-12-13-30-23-14-19(8-11-22(17)23)26-18-6-9-20(10-7-18)29-5-2/h4,6-11,14,17,25-26H,1,5,12-13,15H2,2-3H3,(H,27,28)/b21-16-/t17-/m0/s1. The number of allylic oxidation sites excluding steroid dienone is 1. The molecule has 0 radical (unpaired) electrons. The summed E-state index contributed by atoms with van der Waals surface area (Å²) >= 11 is 0. The Bertz CT molecular complexity index is 935. The van der Waals surface area contributed by atoms with Crippen molar-refractivity contribution >= 4 is 17.3 Å². The van der Waals surface area contributed by atoms with E-state index in [1.165, 1.54) is 6.08 Å². The number of fused-ring (bicyclic) bond motifs is 1. The number of carboxylic acids is 1. The van der Waals surface area contributed by atoms with Crippen LogP contribution in [-0.4, -0.2) is 30.8 Å². The SMILES string of the molecule is C=C/C(C(=O)O)=C(\C)NC[C@@H]1CCOc2cc(Nc3ccc(OCC)cc3)ccc21. The number of hydrogen-bond donors (Lipinski definition) is 3. The fourth-order valence-electron chi connectivity index (χ4n) is 3.49. The molecule has 0 amide bonds. The molecular formula is C24H28N2O4. The Morgan fingerprint density at radius 3 is 2.67 bits per heavy atom. The zero-order valence-corrected chi connectivity index (χ0v) is 17.4. The van der Waals surface area contributed by atoms with E-state index >= 15 is 0 Å². The molecule has 0 unspecified atom stereocenters. The van der Waals surface area contributed by atoms with Crippen molar-refractivity contribution < 1.29 is 19.4 Å². The summed E-state index contributed by atoms with van der Waals surface area (Å²) in [6.45, 7) is 9.21. The molecule has 30 heavy (non-hydrogen) atoms. The summed E-state index contributed by atoms with van der Waals surface area (Å²) in [6, 6.07) is 13.9. The van der Waals surface area contributed by atoms with Crippen LogP contribution in [-0.2, 0) is 4.79 Å². The summed E-state index contributed by atoms with van der Waals surface area (Å²) in [5.41, 5.74) is 3.84. The van der Waals surface area contributed by atoms with Gasteiger partial charge in [0.15, 0.2) is 0 Å². The second kappa shape index (κ2) is 9.87. The maximum absolute atomic E-state index is 11.3. The molecule has 1 aliphatic rings. The zero-order valence-electron chi connectivity index (χ0n) is 17.4. The van der Waals surface area contributed by atoms with Crippen molar-refractivity contribution in [3.05, 3.63) is 72.0 Å². The van der Waals surface area contributed by atoms with Crippen LogP contribution in [0.3, 0.4) is 0 Å². The summed E-state index contributed by atoms with van der Waals surface area (Å²) in [4.78, 5) is 11.3. The Morgan fingerprint density at radius 2 is 2.00 bits per heavy atom. The second-order valence-electron chi connectivity index (χ2n) is 7.10. The molecule has 3 N–H and O–H groups in total. The molecule has 3 rings (SSSR count). The summed E-state index contributed by atoms with van der Waals surface area (Å²) in [5, 5.41) is 15.9. The van der Waals surface area contributed by atoms with Crippen LogP contribution in [0.15, 0.2) is 66.4 Å². The van der Waals surface area contributed by atoms with Gasteiger partial charge in [-0.15, -0.1) is 0 Å². The van der Waals surface area contributed by atoms with Crippen LogP contribution in [0.25, 0.3) is 0 Å². The molecule has 1 atom stereocenters. The van der Waals surface area contributed by atoms with Crippen LogP contribution in [0.2, 0.25) is 0 Å². The second-order valence-corrected chi connectivity index (χ2v) is 7.10. The smallest absolute Gasteiger partial charge is 0.337 e. The van der Waals surface area contributed by atoms with E-state index in [1.54, 1.807) is 6.92 Å². The van der Waals surface area contributed by atoms with Crippen LogP contribution in [0.4, 0.5) is 11.4 Å². The number of anilines is 2. The van der Waals surface area contributed by atoms with E-state index in [-0.39, 0.29) is 11.5 Å². The van der Waals surface area contributed by atoms with Crippen LogP contribution >= 0.6 is 0 Å². The van der Waals surface area contributed by atoms with Gasteiger partial charge in [0.25, 0.3) is 0 Å². The van der Waals surface area contributed by atoms with Crippen molar-refractivity contribution in [3.8, 4) is 11.5 Å². The molecule has 0 fully saturated rings. The fraction of sp³-hybridized carbons (Fsp3) is 0.292. The third-order valence-corrected chi connectivity index (χ3v) is 5.08.